The SMILES string of the molecule is COc1ccc2nccc(S(=O)(=O)c3ccc(C)cc3)c2n1. The van der Waals surface area contributed by atoms with Crippen LogP contribution in [0.3, 0.4) is 0 Å². The maximum Gasteiger partial charge on any atom is 0.213 e. The predicted molar refractivity (Wildman–Crippen MR) is 82.7 cm³/mol. The summed E-state index contributed by atoms with van der Waals surface area (Å²) in [6, 6.07) is 11.5. The number of sulfone groups is 1. The molecule has 0 aliphatic carbocycles. The Hall–Kier alpha value is -2.47. The van der Waals surface area contributed by atoms with E-state index < -0.39 is 9.84 Å². The topological polar surface area (TPSA) is 69.2 Å². The number of hydrogen-bond donors (Lipinski definition) is 0. The van der Waals surface area contributed by atoms with Gasteiger partial charge >= 0.3 is 0 Å². The lowest BCUT2D eigenvalue weighted by molar-refractivity contribution is 0.399. The van der Waals surface area contributed by atoms with Crippen LogP contribution < -0.4 is 4.74 Å². The van der Waals surface area contributed by atoms with Crippen LogP contribution in [0.2, 0.25) is 0 Å². The third-order valence-electron chi connectivity index (χ3n) is 3.35. The molecule has 0 saturated heterocycles. The van der Waals surface area contributed by atoms with Gasteiger partial charge in [0.05, 0.1) is 17.5 Å². The number of rotatable bonds is 3. The van der Waals surface area contributed by atoms with Crippen LogP contribution in [0.4, 0.5) is 0 Å². The number of fused-ring (bicyclic) bond motifs is 1. The monoisotopic (exact) mass is 314 g/mol. The summed E-state index contributed by atoms with van der Waals surface area (Å²) in [7, 11) is -2.18. The highest BCUT2D eigenvalue weighted by Gasteiger charge is 2.21. The Kier molecular flexibility index (Phi) is 3.54. The van der Waals surface area contributed by atoms with Crippen LogP contribution in [-0.2, 0) is 9.84 Å². The fourth-order valence-electron chi connectivity index (χ4n) is 2.16. The first-order valence-electron chi connectivity index (χ1n) is 6.64. The smallest absolute Gasteiger partial charge is 0.213 e. The minimum absolute atomic E-state index is 0.125. The molecular weight excluding hydrogens is 300 g/mol. The van der Waals surface area contributed by atoms with Crippen molar-refractivity contribution in [3.05, 3.63) is 54.2 Å². The number of ether oxygens (including phenoxy) is 1. The van der Waals surface area contributed by atoms with Gasteiger partial charge in [0.15, 0.2) is 0 Å². The van der Waals surface area contributed by atoms with Crippen LogP contribution in [0.25, 0.3) is 11.0 Å². The molecule has 2 heterocycles. The normalized spacial score (nSPS) is 11.5. The summed E-state index contributed by atoms with van der Waals surface area (Å²) in [4.78, 5) is 8.75. The lowest BCUT2D eigenvalue weighted by Gasteiger charge is -2.08. The highest BCUT2D eigenvalue weighted by molar-refractivity contribution is 7.91. The second-order valence-electron chi connectivity index (χ2n) is 4.85. The molecule has 0 spiro atoms. The van der Waals surface area contributed by atoms with Crippen molar-refractivity contribution in [3.8, 4) is 5.88 Å². The fourth-order valence-corrected chi connectivity index (χ4v) is 3.55. The molecule has 0 amide bonds. The quantitative estimate of drug-likeness (QED) is 0.743. The van der Waals surface area contributed by atoms with Crippen molar-refractivity contribution in [3.63, 3.8) is 0 Å². The first kappa shape index (κ1) is 14.5. The molecule has 3 aromatic rings. The van der Waals surface area contributed by atoms with Crippen molar-refractivity contribution < 1.29 is 13.2 Å². The van der Waals surface area contributed by atoms with Gasteiger partial charge in [-0.2, -0.15) is 0 Å². The lowest BCUT2D eigenvalue weighted by atomic mass is 10.2. The largest absolute Gasteiger partial charge is 0.481 e. The van der Waals surface area contributed by atoms with Gasteiger partial charge in [-0.1, -0.05) is 17.7 Å². The minimum Gasteiger partial charge on any atom is -0.481 e. The molecule has 0 radical (unpaired) electrons. The molecule has 1 aromatic carbocycles. The standard InChI is InChI=1S/C16H14N2O3S/c1-11-3-5-12(6-4-11)22(19,20)14-9-10-17-13-7-8-15(21-2)18-16(13)14/h3-10H,1-2H3. The Morgan fingerprint density at radius 2 is 1.73 bits per heavy atom. The number of methoxy groups -OCH3 is 1. The van der Waals surface area contributed by atoms with Gasteiger partial charge in [-0.15, -0.1) is 0 Å². The molecular formula is C16H14N2O3S. The van der Waals surface area contributed by atoms with E-state index in [4.69, 9.17) is 4.74 Å². The molecule has 0 bridgehead atoms. The Bertz CT molecular complexity index is 935. The zero-order chi connectivity index (χ0) is 15.7. The molecule has 5 nitrogen and oxygen atoms in total. The van der Waals surface area contributed by atoms with Gasteiger partial charge in [-0.05, 0) is 31.2 Å². The maximum atomic E-state index is 12.9. The van der Waals surface area contributed by atoms with Gasteiger partial charge < -0.3 is 4.74 Å². The fraction of sp³-hybridized carbons (Fsp3) is 0.125. The van der Waals surface area contributed by atoms with E-state index >= 15 is 0 Å². The van der Waals surface area contributed by atoms with E-state index in [1.54, 1.807) is 36.4 Å². The van der Waals surface area contributed by atoms with Crippen molar-refractivity contribution in [2.75, 3.05) is 7.11 Å². The first-order valence-corrected chi connectivity index (χ1v) is 8.12. The highest BCUT2D eigenvalue weighted by Crippen LogP contribution is 2.27. The van der Waals surface area contributed by atoms with E-state index in [-0.39, 0.29) is 9.79 Å². The Morgan fingerprint density at radius 1 is 1.00 bits per heavy atom. The van der Waals surface area contributed by atoms with Crippen molar-refractivity contribution in [1.82, 2.24) is 9.97 Å². The summed E-state index contributed by atoms with van der Waals surface area (Å²) in [5.74, 6) is 0.348. The van der Waals surface area contributed by atoms with Crippen molar-refractivity contribution in [2.45, 2.75) is 16.7 Å². The molecule has 0 unspecified atom stereocenters. The van der Waals surface area contributed by atoms with Gasteiger partial charge in [-0.3, -0.25) is 4.98 Å². The average molecular weight is 314 g/mol. The van der Waals surface area contributed by atoms with Crippen LogP contribution >= 0.6 is 0 Å². The molecule has 3 rings (SSSR count). The number of hydrogen-bond acceptors (Lipinski definition) is 5. The molecule has 0 aliphatic heterocycles. The summed E-state index contributed by atoms with van der Waals surface area (Å²) in [6.45, 7) is 1.91. The van der Waals surface area contributed by atoms with Gasteiger partial charge in [0.2, 0.25) is 15.7 Å². The second-order valence-corrected chi connectivity index (χ2v) is 6.77. The molecule has 6 heteroatoms. The van der Waals surface area contributed by atoms with E-state index in [0.29, 0.717) is 16.9 Å². The van der Waals surface area contributed by atoms with Crippen LogP contribution in [0.15, 0.2) is 58.5 Å². The third kappa shape index (κ3) is 2.42. The number of benzene rings is 1. The van der Waals surface area contributed by atoms with Gasteiger partial charge in [0.25, 0.3) is 0 Å². The molecule has 112 valence electrons. The minimum atomic E-state index is -3.67. The molecule has 0 N–H and O–H groups in total. The molecule has 0 atom stereocenters. The first-order chi connectivity index (χ1) is 10.5. The van der Waals surface area contributed by atoms with Crippen molar-refractivity contribution in [2.24, 2.45) is 0 Å². The van der Waals surface area contributed by atoms with Gasteiger partial charge in [-0.25, -0.2) is 13.4 Å². The predicted octanol–water partition coefficient (Wildman–Crippen LogP) is 2.78. The molecule has 22 heavy (non-hydrogen) atoms. The van der Waals surface area contributed by atoms with Crippen LogP contribution in [0.5, 0.6) is 5.88 Å². The Balaban J connectivity index is 2.26. The third-order valence-corrected chi connectivity index (χ3v) is 5.15. The van der Waals surface area contributed by atoms with E-state index in [1.165, 1.54) is 19.4 Å². The van der Waals surface area contributed by atoms with Crippen molar-refractivity contribution >= 4 is 20.9 Å². The summed E-state index contributed by atoms with van der Waals surface area (Å²) < 4.78 is 30.8. The second kappa shape index (κ2) is 5.38. The summed E-state index contributed by atoms with van der Waals surface area (Å²) in [5, 5.41) is 0. The number of nitrogens with zero attached hydrogens (tertiary/aromatic N) is 2. The van der Waals surface area contributed by atoms with E-state index in [9.17, 15) is 8.42 Å². The van der Waals surface area contributed by atoms with Gasteiger partial charge in [0, 0.05) is 12.3 Å². The molecule has 0 saturated carbocycles. The van der Waals surface area contributed by atoms with Crippen LogP contribution in [0.1, 0.15) is 5.56 Å². The highest BCUT2D eigenvalue weighted by atomic mass is 32.2. The summed E-state index contributed by atoms with van der Waals surface area (Å²) >= 11 is 0. The molecule has 0 fully saturated rings. The molecule has 0 aliphatic rings. The van der Waals surface area contributed by atoms with Gasteiger partial charge in [0.1, 0.15) is 10.4 Å². The summed E-state index contributed by atoms with van der Waals surface area (Å²) in [6.07, 6.45) is 1.47. The van der Waals surface area contributed by atoms with E-state index in [2.05, 4.69) is 9.97 Å². The Morgan fingerprint density at radius 3 is 2.41 bits per heavy atom. The van der Waals surface area contributed by atoms with E-state index in [1.807, 2.05) is 6.92 Å². The Labute approximate surface area is 128 Å². The van der Waals surface area contributed by atoms with Crippen molar-refractivity contribution in [1.29, 1.82) is 0 Å². The molecule has 2 aromatic heterocycles. The van der Waals surface area contributed by atoms with Crippen LogP contribution in [-0.4, -0.2) is 25.5 Å². The zero-order valence-electron chi connectivity index (χ0n) is 12.1. The maximum absolute atomic E-state index is 12.9. The van der Waals surface area contributed by atoms with Crippen LogP contribution in [0, 0.1) is 6.92 Å². The zero-order valence-corrected chi connectivity index (χ0v) is 13.0. The summed E-state index contributed by atoms with van der Waals surface area (Å²) in [5.41, 5.74) is 1.81. The van der Waals surface area contributed by atoms with E-state index in [0.717, 1.165) is 5.56 Å². The lowest BCUT2D eigenvalue weighted by Crippen LogP contribution is -2.04. The number of aromatic nitrogens is 2. The number of aryl methyl sites for hydroxylation is 1. The number of pyridine rings is 2. The average Bonchev–Trinajstić information content (AvgIpc) is 2.54.